The molecule has 1 atom stereocenters. The summed E-state index contributed by atoms with van der Waals surface area (Å²) in [6.07, 6.45) is 1.69. The summed E-state index contributed by atoms with van der Waals surface area (Å²) < 4.78 is 2.75. The summed E-state index contributed by atoms with van der Waals surface area (Å²) in [6.45, 7) is 0. The molecule has 0 aromatic carbocycles. The van der Waals surface area contributed by atoms with Crippen LogP contribution in [-0.4, -0.2) is 15.0 Å². The predicted molar refractivity (Wildman–Crippen MR) is 59.1 cm³/mol. The molecule has 0 spiro atoms. The highest BCUT2D eigenvalue weighted by atomic mass is 79.9. The van der Waals surface area contributed by atoms with Gasteiger partial charge in [0.15, 0.2) is 0 Å². The Bertz CT molecular complexity index is 436. The smallest absolute Gasteiger partial charge is 0.0833 e. The van der Waals surface area contributed by atoms with Crippen LogP contribution in [0.5, 0.6) is 0 Å². The van der Waals surface area contributed by atoms with Crippen LogP contribution in [0, 0.1) is 0 Å². The molecule has 2 heterocycles. The van der Waals surface area contributed by atoms with E-state index in [1.54, 1.807) is 22.2 Å². The van der Waals surface area contributed by atoms with Crippen molar-refractivity contribution in [1.29, 1.82) is 0 Å². The predicted octanol–water partition coefficient (Wildman–Crippen LogP) is 1.69. The molecule has 0 fully saturated rings. The van der Waals surface area contributed by atoms with E-state index >= 15 is 0 Å². The van der Waals surface area contributed by atoms with Gasteiger partial charge in [-0.3, -0.25) is 4.68 Å². The standard InChI is InChI=1S/C8H9BrN4S/c1-13-6(3-11-12-13)8(10)7-2-5(9)4-14-7/h2-4,8H,10H2,1H3. The summed E-state index contributed by atoms with van der Waals surface area (Å²) in [7, 11) is 1.84. The molecule has 0 aliphatic heterocycles. The lowest BCUT2D eigenvalue weighted by molar-refractivity contribution is 0.654. The monoisotopic (exact) mass is 272 g/mol. The lowest BCUT2D eigenvalue weighted by atomic mass is 10.2. The second kappa shape index (κ2) is 3.80. The molecular formula is C8H9BrN4S. The average molecular weight is 273 g/mol. The van der Waals surface area contributed by atoms with Crippen molar-refractivity contribution < 1.29 is 0 Å². The van der Waals surface area contributed by atoms with Crippen LogP contribution in [0.4, 0.5) is 0 Å². The third kappa shape index (κ3) is 1.73. The molecule has 0 saturated heterocycles. The third-order valence-corrected chi connectivity index (χ3v) is 3.74. The largest absolute Gasteiger partial charge is 0.318 e. The first kappa shape index (κ1) is 9.82. The van der Waals surface area contributed by atoms with E-state index in [9.17, 15) is 0 Å². The summed E-state index contributed by atoms with van der Waals surface area (Å²) in [4.78, 5) is 1.10. The molecule has 0 aliphatic rings. The molecule has 0 bridgehead atoms. The molecule has 2 N–H and O–H groups in total. The number of thiophene rings is 1. The molecule has 0 amide bonds. The van der Waals surface area contributed by atoms with Crippen LogP contribution in [-0.2, 0) is 7.05 Å². The van der Waals surface area contributed by atoms with Crippen LogP contribution in [0.3, 0.4) is 0 Å². The van der Waals surface area contributed by atoms with Crippen LogP contribution < -0.4 is 5.73 Å². The van der Waals surface area contributed by atoms with Gasteiger partial charge in [0.1, 0.15) is 0 Å². The number of aryl methyl sites for hydroxylation is 1. The van der Waals surface area contributed by atoms with Gasteiger partial charge in [-0.1, -0.05) is 5.21 Å². The summed E-state index contributed by atoms with van der Waals surface area (Å²) in [5, 5.41) is 9.66. The van der Waals surface area contributed by atoms with Crippen LogP contribution in [0.25, 0.3) is 0 Å². The first-order valence-electron chi connectivity index (χ1n) is 4.02. The van der Waals surface area contributed by atoms with E-state index in [0.29, 0.717) is 0 Å². The van der Waals surface area contributed by atoms with E-state index in [1.165, 1.54) is 0 Å². The zero-order chi connectivity index (χ0) is 10.1. The fraction of sp³-hybridized carbons (Fsp3) is 0.250. The average Bonchev–Trinajstić information content (AvgIpc) is 2.73. The first-order valence-corrected chi connectivity index (χ1v) is 5.70. The quantitative estimate of drug-likeness (QED) is 0.905. The maximum Gasteiger partial charge on any atom is 0.0833 e. The molecule has 1 unspecified atom stereocenters. The van der Waals surface area contributed by atoms with Gasteiger partial charge >= 0.3 is 0 Å². The van der Waals surface area contributed by atoms with Crippen molar-refractivity contribution in [3.63, 3.8) is 0 Å². The van der Waals surface area contributed by atoms with Gasteiger partial charge < -0.3 is 5.73 Å². The summed E-state index contributed by atoms with van der Waals surface area (Å²) >= 11 is 5.02. The lowest BCUT2D eigenvalue weighted by Gasteiger charge is -2.07. The van der Waals surface area contributed by atoms with E-state index in [1.807, 2.05) is 18.5 Å². The third-order valence-electron chi connectivity index (χ3n) is 1.96. The number of rotatable bonds is 2. The minimum absolute atomic E-state index is 0.147. The van der Waals surface area contributed by atoms with Gasteiger partial charge in [0.2, 0.25) is 0 Å². The first-order chi connectivity index (χ1) is 6.68. The van der Waals surface area contributed by atoms with E-state index < -0.39 is 0 Å². The highest BCUT2D eigenvalue weighted by molar-refractivity contribution is 9.10. The summed E-state index contributed by atoms with van der Waals surface area (Å²) in [5.74, 6) is 0. The van der Waals surface area contributed by atoms with Crippen LogP contribution >= 0.6 is 27.3 Å². The number of nitrogens with zero attached hydrogens (tertiary/aromatic N) is 3. The minimum Gasteiger partial charge on any atom is -0.318 e. The highest BCUT2D eigenvalue weighted by Gasteiger charge is 2.14. The summed E-state index contributed by atoms with van der Waals surface area (Å²) in [5.41, 5.74) is 6.98. The van der Waals surface area contributed by atoms with Gasteiger partial charge in [0.25, 0.3) is 0 Å². The van der Waals surface area contributed by atoms with Crippen molar-refractivity contribution >= 4 is 27.3 Å². The Balaban J connectivity index is 2.33. The molecule has 6 heteroatoms. The van der Waals surface area contributed by atoms with Crippen molar-refractivity contribution in [2.24, 2.45) is 12.8 Å². The van der Waals surface area contributed by atoms with Gasteiger partial charge in [0, 0.05) is 21.8 Å². The van der Waals surface area contributed by atoms with E-state index in [2.05, 4.69) is 26.2 Å². The maximum atomic E-state index is 6.06. The van der Waals surface area contributed by atoms with Gasteiger partial charge in [-0.2, -0.15) is 0 Å². The zero-order valence-electron chi connectivity index (χ0n) is 7.51. The number of nitrogens with two attached hydrogens (primary N) is 1. The number of halogens is 1. The van der Waals surface area contributed by atoms with Crippen molar-refractivity contribution in [3.8, 4) is 0 Å². The SMILES string of the molecule is Cn1nncc1C(N)c1cc(Br)cs1. The highest BCUT2D eigenvalue weighted by Crippen LogP contribution is 2.27. The van der Waals surface area contributed by atoms with Crippen LogP contribution in [0.15, 0.2) is 22.1 Å². The fourth-order valence-corrected chi connectivity index (χ4v) is 2.67. The molecule has 2 rings (SSSR count). The van der Waals surface area contributed by atoms with E-state index in [4.69, 9.17) is 5.73 Å². The lowest BCUT2D eigenvalue weighted by Crippen LogP contribution is -2.14. The molecule has 4 nitrogen and oxygen atoms in total. The Morgan fingerprint density at radius 1 is 1.64 bits per heavy atom. The van der Waals surface area contributed by atoms with Gasteiger partial charge in [-0.15, -0.1) is 16.4 Å². The van der Waals surface area contributed by atoms with Crippen molar-refractivity contribution in [2.75, 3.05) is 0 Å². The molecule has 2 aromatic heterocycles. The van der Waals surface area contributed by atoms with Crippen molar-refractivity contribution in [3.05, 3.63) is 32.7 Å². The van der Waals surface area contributed by atoms with Gasteiger partial charge in [-0.25, -0.2) is 0 Å². The molecular weight excluding hydrogens is 264 g/mol. The molecule has 14 heavy (non-hydrogen) atoms. The van der Waals surface area contributed by atoms with Crippen LogP contribution in [0.2, 0.25) is 0 Å². The molecule has 2 aromatic rings. The maximum absolute atomic E-state index is 6.06. The van der Waals surface area contributed by atoms with Crippen molar-refractivity contribution in [1.82, 2.24) is 15.0 Å². The molecule has 0 saturated carbocycles. The normalized spacial score (nSPS) is 13.1. The molecule has 74 valence electrons. The van der Waals surface area contributed by atoms with E-state index in [-0.39, 0.29) is 6.04 Å². The van der Waals surface area contributed by atoms with E-state index in [0.717, 1.165) is 15.0 Å². The molecule has 0 radical (unpaired) electrons. The van der Waals surface area contributed by atoms with Crippen molar-refractivity contribution in [2.45, 2.75) is 6.04 Å². The Kier molecular flexibility index (Phi) is 2.66. The molecule has 0 aliphatic carbocycles. The summed E-state index contributed by atoms with van der Waals surface area (Å²) in [6, 6.07) is 1.87. The Morgan fingerprint density at radius 3 is 2.93 bits per heavy atom. The zero-order valence-corrected chi connectivity index (χ0v) is 9.92. The van der Waals surface area contributed by atoms with Gasteiger partial charge in [0.05, 0.1) is 17.9 Å². The second-order valence-electron chi connectivity index (χ2n) is 2.93. The second-order valence-corrected chi connectivity index (χ2v) is 4.79. The van der Waals surface area contributed by atoms with Gasteiger partial charge in [-0.05, 0) is 22.0 Å². The fourth-order valence-electron chi connectivity index (χ4n) is 1.22. The number of hydrogen-bond acceptors (Lipinski definition) is 4. The minimum atomic E-state index is -0.147. The Morgan fingerprint density at radius 2 is 2.43 bits per heavy atom. The van der Waals surface area contributed by atoms with Crippen LogP contribution in [0.1, 0.15) is 16.6 Å². The Hall–Kier alpha value is -0.720. The Labute approximate surface area is 93.9 Å². The number of aromatic nitrogens is 3. The number of hydrogen-bond donors (Lipinski definition) is 1. The topological polar surface area (TPSA) is 56.7 Å².